The summed E-state index contributed by atoms with van der Waals surface area (Å²) in [6.07, 6.45) is -0.299. The fourth-order valence-corrected chi connectivity index (χ4v) is 7.73. The van der Waals surface area contributed by atoms with Crippen molar-refractivity contribution in [2.45, 2.75) is 36.3 Å². The summed E-state index contributed by atoms with van der Waals surface area (Å²) in [6, 6.07) is 13.2. The number of fused-ring (bicyclic) bond motifs is 4. The summed E-state index contributed by atoms with van der Waals surface area (Å²) in [5.74, 6) is 5.37. The maximum absolute atomic E-state index is 13.9. The van der Waals surface area contributed by atoms with Crippen molar-refractivity contribution in [3.63, 3.8) is 0 Å². The maximum Gasteiger partial charge on any atom is 0.275 e. The van der Waals surface area contributed by atoms with Crippen LogP contribution >= 0.6 is 0 Å². The largest absolute Gasteiger partial charge is 0.379 e. The first-order valence-corrected chi connectivity index (χ1v) is 14.8. The third kappa shape index (κ3) is 4.08. The lowest BCUT2D eigenvalue weighted by Crippen LogP contribution is -2.56. The average molecular weight is 545 g/mol. The molecular formula is C29H28N4O5S. The van der Waals surface area contributed by atoms with Crippen molar-refractivity contribution in [2.24, 2.45) is 0 Å². The Hall–Kier alpha value is -3.49. The summed E-state index contributed by atoms with van der Waals surface area (Å²) in [4.78, 5) is 18.2. The van der Waals surface area contributed by atoms with Gasteiger partial charge in [0.05, 0.1) is 41.9 Å². The molecule has 2 atom stereocenters. The minimum absolute atomic E-state index is 0.160. The highest BCUT2D eigenvalue weighted by atomic mass is 32.2. The molecule has 1 aliphatic carbocycles. The molecule has 0 N–H and O–H groups in total. The fraction of sp³-hybridized carbons (Fsp3) is 0.379. The van der Waals surface area contributed by atoms with Gasteiger partial charge < -0.3 is 14.4 Å². The normalized spacial score (nSPS) is 23.1. The summed E-state index contributed by atoms with van der Waals surface area (Å²) >= 11 is 0. The third-order valence-electron chi connectivity index (χ3n) is 7.88. The van der Waals surface area contributed by atoms with E-state index in [1.165, 1.54) is 5.56 Å². The van der Waals surface area contributed by atoms with Crippen LogP contribution in [0.5, 0.6) is 0 Å². The molecule has 39 heavy (non-hydrogen) atoms. The van der Waals surface area contributed by atoms with E-state index in [0.29, 0.717) is 40.4 Å². The van der Waals surface area contributed by atoms with Crippen molar-refractivity contribution >= 4 is 15.7 Å². The number of sulfone groups is 1. The van der Waals surface area contributed by atoms with Gasteiger partial charge in [-0.25, -0.2) is 13.1 Å². The van der Waals surface area contributed by atoms with Crippen molar-refractivity contribution in [1.29, 1.82) is 0 Å². The smallest absolute Gasteiger partial charge is 0.275 e. The summed E-state index contributed by atoms with van der Waals surface area (Å²) in [6.45, 7) is 6.68. The number of morpholine rings is 2. The zero-order valence-electron chi connectivity index (χ0n) is 21.6. The first-order chi connectivity index (χ1) is 18.9. The van der Waals surface area contributed by atoms with E-state index in [4.69, 9.17) is 14.6 Å². The Kier molecular flexibility index (Phi) is 5.86. The molecule has 10 heteroatoms. The Balaban J connectivity index is 1.33. The van der Waals surface area contributed by atoms with Crippen LogP contribution in [-0.2, 0) is 31.6 Å². The average Bonchev–Trinajstić information content (AvgIpc) is 3.28. The highest BCUT2D eigenvalue weighted by molar-refractivity contribution is 7.91. The molecule has 0 bridgehead atoms. The van der Waals surface area contributed by atoms with Crippen LogP contribution < -0.4 is 0 Å². The number of aromatic nitrogens is 2. The molecule has 4 heterocycles. The predicted molar refractivity (Wildman–Crippen MR) is 143 cm³/mol. The standard InChI is InChI=1S/C29H28N4O5S/c1-19-3-2-4-22-27-23(18-39(35,36)28(19)22)26(29(34)32-13-16-38-25-10-9-24(25)32)30-33(27)21-7-5-20(6-8-21)17-31-11-14-37-15-12-31/h2-8,24-25H,11-18H2,1H3/t24-,25+/m0/s1. The van der Waals surface area contributed by atoms with Gasteiger partial charge in [-0.1, -0.05) is 42.2 Å². The first-order valence-electron chi connectivity index (χ1n) is 13.2. The SMILES string of the molecule is Cc1cccc2c1S(=O)(=O)Cc1c(C(=O)N3CCO[C@@H]4C#C[C@@H]43)nn(-c3ccc(CN4CCOCC4)cc3)c1-2. The molecule has 2 fully saturated rings. The zero-order chi connectivity index (χ0) is 26.7. The van der Waals surface area contributed by atoms with Crippen LogP contribution in [0.3, 0.4) is 0 Å². The Morgan fingerprint density at radius 2 is 1.85 bits per heavy atom. The monoisotopic (exact) mass is 544 g/mol. The number of amides is 1. The molecule has 3 aromatic rings. The van der Waals surface area contributed by atoms with Crippen LogP contribution in [0.2, 0.25) is 0 Å². The van der Waals surface area contributed by atoms with Gasteiger partial charge >= 0.3 is 0 Å². The number of carbonyl (C=O) groups is 1. The van der Waals surface area contributed by atoms with Gasteiger partial charge in [0.25, 0.3) is 5.91 Å². The lowest BCUT2D eigenvalue weighted by Gasteiger charge is -2.39. The topological polar surface area (TPSA) is 94.0 Å². The molecule has 200 valence electrons. The van der Waals surface area contributed by atoms with Gasteiger partial charge in [-0.2, -0.15) is 5.10 Å². The van der Waals surface area contributed by atoms with Crippen LogP contribution in [0.25, 0.3) is 16.9 Å². The van der Waals surface area contributed by atoms with E-state index in [0.717, 1.165) is 38.5 Å². The Labute approximate surface area is 227 Å². The second-order valence-electron chi connectivity index (χ2n) is 10.4. The number of benzene rings is 2. The Bertz CT molecular complexity index is 1640. The molecule has 0 unspecified atom stereocenters. The van der Waals surface area contributed by atoms with Crippen molar-refractivity contribution in [3.05, 3.63) is 64.8 Å². The van der Waals surface area contributed by atoms with Crippen LogP contribution in [0.4, 0.5) is 0 Å². The van der Waals surface area contributed by atoms with Crippen LogP contribution in [0.1, 0.15) is 27.2 Å². The van der Waals surface area contributed by atoms with Crippen molar-refractivity contribution < 1.29 is 22.7 Å². The molecule has 0 spiro atoms. The molecule has 1 amide bonds. The van der Waals surface area contributed by atoms with E-state index >= 15 is 0 Å². The number of nitrogens with zero attached hydrogens (tertiary/aromatic N) is 4. The van der Waals surface area contributed by atoms with Gasteiger partial charge in [-0.05, 0) is 30.2 Å². The Morgan fingerprint density at radius 1 is 1.05 bits per heavy atom. The van der Waals surface area contributed by atoms with E-state index in [1.54, 1.807) is 28.6 Å². The molecule has 1 aromatic heterocycles. The summed E-state index contributed by atoms with van der Waals surface area (Å²) in [5, 5.41) is 4.81. The molecule has 0 saturated carbocycles. The van der Waals surface area contributed by atoms with Gasteiger partial charge in [0.15, 0.2) is 15.5 Å². The van der Waals surface area contributed by atoms with Crippen molar-refractivity contribution in [3.8, 4) is 28.8 Å². The number of carbonyl (C=O) groups excluding carboxylic acids is 1. The quantitative estimate of drug-likeness (QED) is 0.465. The lowest BCUT2D eigenvalue weighted by atomic mass is 9.98. The van der Waals surface area contributed by atoms with Gasteiger partial charge in [-0.3, -0.25) is 9.69 Å². The van der Waals surface area contributed by atoms with Crippen LogP contribution in [0, 0.1) is 18.8 Å². The molecule has 7 rings (SSSR count). The predicted octanol–water partition coefficient (Wildman–Crippen LogP) is 2.19. The second kappa shape index (κ2) is 9.31. The van der Waals surface area contributed by atoms with E-state index in [2.05, 4.69) is 28.9 Å². The van der Waals surface area contributed by atoms with E-state index in [1.807, 2.05) is 18.2 Å². The van der Waals surface area contributed by atoms with Gasteiger partial charge in [0.1, 0.15) is 12.1 Å². The molecule has 0 radical (unpaired) electrons. The van der Waals surface area contributed by atoms with Crippen LogP contribution in [0.15, 0.2) is 47.4 Å². The number of rotatable bonds is 4. The van der Waals surface area contributed by atoms with Crippen molar-refractivity contribution in [1.82, 2.24) is 19.6 Å². The van der Waals surface area contributed by atoms with E-state index < -0.39 is 9.84 Å². The third-order valence-corrected chi connectivity index (χ3v) is 9.71. The van der Waals surface area contributed by atoms with Crippen molar-refractivity contribution in [2.75, 3.05) is 39.5 Å². The minimum atomic E-state index is -3.67. The van der Waals surface area contributed by atoms with Gasteiger partial charge in [-0.15, -0.1) is 0 Å². The fourth-order valence-electron chi connectivity index (χ4n) is 5.88. The highest BCUT2D eigenvalue weighted by Gasteiger charge is 2.42. The van der Waals surface area contributed by atoms with Crippen LogP contribution in [-0.4, -0.2) is 85.5 Å². The first kappa shape index (κ1) is 24.5. The van der Waals surface area contributed by atoms with E-state index in [-0.39, 0.29) is 29.5 Å². The molecule has 3 aliphatic heterocycles. The maximum atomic E-state index is 13.9. The summed E-state index contributed by atoms with van der Waals surface area (Å²) in [7, 11) is -3.67. The minimum Gasteiger partial charge on any atom is -0.379 e. The second-order valence-corrected chi connectivity index (χ2v) is 12.3. The molecular weight excluding hydrogens is 516 g/mol. The number of ether oxygens (including phenoxy) is 2. The lowest BCUT2D eigenvalue weighted by molar-refractivity contribution is -0.0230. The Morgan fingerprint density at radius 3 is 2.59 bits per heavy atom. The molecule has 4 aliphatic rings. The number of hydrogen-bond donors (Lipinski definition) is 0. The number of aryl methyl sites for hydroxylation is 1. The molecule has 2 aromatic carbocycles. The number of hydrogen-bond acceptors (Lipinski definition) is 7. The summed E-state index contributed by atoms with van der Waals surface area (Å²) in [5.41, 5.74) is 4.44. The molecule has 9 nitrogen and oxygen atoms in total. The zero-order valence-corrected chi connectivity index (χ0v) is 22.4. The van der Waals surface area contributed by atoms with Gasteiger partial charge in [0, 0.05) is 37.3 Å². The summed E-state index contributed by atoms with van der Waals surface area (Å²) < 4.78 is 39.8. The molecule has 2 saturated heterocycles. The van der Waals surface area contributed by atoms with Gasteiger partial charge in [0.2, 0.25) is 0 Å². The van der Waals surface area contributed by atoms with E-state index in [9.17, 15) is 13.2 Å². The highest BCUT2D eigenvalue weighted by Crippen LogP contribution is 2.42.